The molecule has 1 N–H and O–H groups in total. The summed E-state index contributed by atoms with van der Waals surface area (Å²) in [5.74, 6) is 1.07. The SMILES string of the molecule is Cn1ccnc1[C@H](NS(=O)(=O)c1cccnc1)C1CC1. The van der Waals surface area contributed by atoms with E-state index in [4.69, 9.17) is 0 Å². The minimum Gasteiger partial charge on any atom is -0.337 e. The minimum atomic E-state index is -3.57. The van der Waals surface area contributed by atoms with Gasteiger partial charge in [0.1, 0.15) is 10.7 Å². The predicted octanol–water partition coefficient (Wildman–Crippen LogP) is 1.24. The van der Waals surface area contributed by atoms with E-state index in [9.17, 15) is 8.42 Å². The van der Waals surface area contributed by atoms with Crippen molar-refractivity contribution in [2.75, 3.05) is 0 Å². The smallest absolute Gasteiger partial charge is 0.242 e. The molecule has 1 fully saturated rings. The molecule has 1 aliphatic carbocycles. The Morgan fingerprint density at radius 1 is 1.40 bits per heavy atom. The molecule has 0 bridgehead atoms. The zero-order valence-corrected chi connectivity index (χ0v) is 11.9. The first-order valence-corrected chi connectivity index (χ1v) is 7.96. The van der Waals surface area contributed by atoms with E-state index in [1.807, 2.05) is 17.8 Å². The molecule has 0 radical (unpaired) electrons. The number of aryl methyl sites for hydroxylation is 1. The maximum absolute atomic E-state index is 12.4. The maximum atomic E-state index is 12.4. The molecule has 1 saturated carbocycles. The van der Waals surface area contributed by atoms with Crippen LogP contribution in [0, 0.1) is 5.92 Å². The lowest BCUT2D eigenvalue weighted by Crippen LogP contribution is -2.31. The average Bonchev–Trinajstić information content (AvgIpc) is 3.20. The van der Waals surface area contributed by atoms with Crippen LogP contribution in [0.4, 0.5) is 0 Å². The van der Waals surface area contributed by atoms with Crippen LogP contribution in [-0.2, 0) is 17.1 Å². The fourth-order valence-electron chi connectivity index (χ4n) is 2.21. The zero-order chi connectivity index (χ0) is 14.2. The summed E-state index contributed by atoms with van der Waals surface area (Å²) < 4.78 is 29.4. The second kappa shape index (κ2) is 4.99. The van der Waals surface area contributed by atoms with Gasteiger partial charge in [0.15, 0.2) is 0 Å². The van der Waals surface area contributed by atoms with Crippen molar-refractivity contribution in [3.63, 3.8) is 0 Å². The number of rotatable bonds is 5. The molecule has 0 aromatic carbocycles. The normalized spacial score (nSPS) is 17.1. The lowest BCUT2D eigenvalue weighted by molar-refractivity contribution is 0.500. The van der Waals surface area contributed by atoms with Crippen LogP contribution in [0.25, 0.3) is 0 Å². The summed E-state index contributed by atoms with van der Waals surface area (Å²) in [6, 6.07) is 2.87. The molecule has 0 aliphatic heterocycles. The first-order chi connectivity index (χ1) is 9.58. The Bertz CT molecular complexity index is 692. The van der Waals surface area contributed by atoms with Gasteiger partial charge in [0, 0.05) is 31.8 Å². The highest BCUT2D eigenvalue weighted by atomic mass is 32.2. The number of hydrogen-bond donors (Lipinski definition) is 1. The molecule has 6 nitrogen and oxygen atoms in total. The molecule has 0 unspecified atom stereocenters. The van der Waals surface area contributed by atoms with Gasteiger partial charge in [-0.2, -0.15) is 0 Å². The summed E-state index contributed by atoms with van der Waals surface area (Å²) in [5.41, 5.74) is 0. The number of sulfonamides is 1. The van der Waals surface area contributed by atoms with Crippen LogP contribution in [0.3, 0.4) is 0 Å². The highest BCUT2D eigenvalue weighted by Gasteiger charge is 2.37. The number of aromatic nitrogens is 3. The Morgan fingerprint density at radius 3 is 2.75 bits per heavy atom. The fourth-order valence-corrected chi connectivity index (χ4v) is 3.43. The fraction of sp³-hybridized carbons (Fsp3) is 0.385. The van der Waals surface area contributed by atoms with Gasteiger partial charge in [-0.3, -0.25) is 4.98 Å². The van der Waals surface area contributed by atoms with Gasteiger partial charge in [0.2, 0.25) is 10.0 Å². The van der Waals surface area contributed by atoms with Crippen LogP contribution in [0.1, 0.15) is 24.7 Å². The molecule has 0 saturated heterocycles. The monoisotopic (exact) mass is 292 g/mol. The van der Waals surface area contributed by atoms with Crippen molar-refractivity contribution in [3.05, 3.63) is 42.7 Å². The average molecular weight is 292 g/mol. The molecule has 0 spiro atoms. The van der Waals surface area contributed by atoms with Crippen molar-refractivity contribution in [3.8, 4) is 0 Å². The van der Waals surface area contributed by atoms with E-state index in [1.165, 1.54) is 12.3 Å². The molecule has 2 aromatic rings. The van der Waals surface area contributed by atoms with E-state index >= 15 is 0 Å². The largest absolute Gasteiger partial charge is 0.337 e. The summed E-state index contributed by atoms with van der Waals surface area (Å²) >= 11 is 0. The van der Waals surface area contributed by atoms with Gasteiger partial charge in [-0.15, -0.1) is 0 Å². The quantitative estimate of drug-likeness (QED) is 0.899. The van der Waals surface area contributed by atoms with Crippen molar-refractivity contribution < 1.29 is 8.42 Å². The number of pyridine rings is 1. The van der Waals surface area contributed by atoms with Crippen molar-refractivity contribution in [2.24, 2.45) is 13.0 Å². The highest BCUT2D eigenvalue weighted by Crippen LogP contribution is 2.41. The van der Waals surface area contributed by atoms with E-state index in [-0.39, 0.29) is 10.9 Å². The second-order valence-electron chi connectivity index (χ2n) is 5.02. The molecule has 0 amide bonds. The van der Waals surface area contributed by atoms with Gasteiger partial charge < -0.3 is 4.57 Å². The van der Waals surface area contributed by atoms with Crippen LogP contribution in [0.2, 0.25) is 0 Å². The first-order valence-electron chi connectivity index (χ1n) is 6.47. The van der Waals surface area contributed by atoms with Crippen LogP contribution in [0.5, 0.6) is 0 Å². The molecular formula is C13H16N4O2S. The summed E-state index contributed by atoms with van der Waals surface area (Å²) in [5, 5.41) is 0. The molecule has 2 aromatic heterocycles. The molecule has 20 heavy (non-hydrogen) atoms. The van der Waals surface area contributed by atoms with Crippen LogP contribution >= 0.6 is 0 Å². The van der Waals surface area contributed by atoms with E-state index < -0.39 is 10.0 Å². The molecule has 7 heteroatoms. The predicted molar refractivity (Wildman–Crippen MR) is 73.2 cm³/mol. The standard InChI is InChI=1S/C13H16N4O2S/c1-17-8-7-15-13(17)12(10-4-5-10)16-20(18,19)11-3-2-6-14-9-11/h2-3,6-10,12,16H,4-5H2,1H3/t12-/m1/s1. The van der Waals surface area contributed by atoms with E-state index in [1.54, 1.807) is 18.5 Å². The van der Waals surface area contributed by atoms with Crippen molar-refractivity contribution in [2.45, 2.75) is 23.8 Å². The maximum Gasteiger partial charge on any atom is 0.242 e. The third kappa shape index (κ3) is 2.59. The van der Waals surface area contributed by atoms with Crippen molar-refractivity contribution in [1.29, 1.82) is 0 Å². The van der Waals surface area contributed by atoms with E-state index in [0.29, 0.717) is 5.92 Å². The van der Waals surface area contributed by atoms with Crippen LogP contribution in [-0.4, -0.2) is 23.0 Å². The topological polar surface area (TPSA) is 76.9 Å². The van der Waals surface area contributed by atoms with Gasteiger partial charge in [-0.1, -0.05) is 0 Å². The van der Waals surface area contributed by atoms with E-state index in [0.717, 1.165) is 18.7 Å². The number of imidazole rings is 1. The van der Waals surface area contributed by atoms with Gasteiger partial charge in [-0.25, -0.2) is 18.1 Å². The summed E-state index contributed by atoms with van der Waals surface area (Å²) in [6.45, 7) is 0. The first kappa shape index (κ1) is 13.3. The Morgan fingerprint density at radius 2 is 2.20 bits per heavy atom. The molecule has 1 atom stereocenters. The van der Waals surface area contributed by atoms with Gasteiger partial charge in [-0.05, 0) is 30.9 Å². The van der Waals surface area contributed by atoms with Crippen LogP contribution < -0.4 is 4.72 Å². The van der Waals surface area contributed by atoms with Gasteiger partial charge in [0.25, 0.3) is 0 Å². The zero-order valence-electron chi connectivity index (χ0n) is 11.1. The Hall–Kier alpha value is -1.73. The summed E-state index contributed by atoms with van der Waals surface area (Å²) in [7, 11) is -1.70. The third-order valence-corrected chi connectivity index (χ3v) is 4.88. The third-order valence-electron chi connectivity index (χ3n) is 3.46. The molecule has 3 rings (SSSR count). The number of hydrogen-bond acceptors (Lipinski definition) is 4. The molecule has 1 aliphatic rings. The Balaban J connectivity index is 1.90. The van der Waals surface area contributed by atoms with Gasteiger partial charge >= 0.3 is 0 Å². The molecular weight excluding hydrogens is 276 g/mol. The highest BCUT2D eigenvalue weighted by molar-refractivity contribution is 7.89. The van der Waals surface area contributed by atoms with Crippen molar-refractivity contribution >= 4 is 10.0 Å². The minimum absolute atomic E-state index is 0.180. The van der Waals surface area contributed by atoms with Crippen LogP contribution in [0.15, 0.2) is 41.8 Å². The number of nitrogens with zero attached hydrogens (tertiary/aromatic N) is 3. The molecule has 106 valence electrons. The second-order valence-corrected chi connectivity index (χ2v) is 6.74. The van der Waals surface area contributed by atoms with E-state index in [2.05, 4.69) is 14.7 Å². The van der Waals surface area contributed by atoms with Crippen molar-refractivity contribution in [1.82, 2.24) is 19.3 Å². The lowest BCUT2D eigenvalue weighted by Gasteiger charge is -2.18. The summed E-state index contributed by atoms with van der Waals surface area (Å²) in [6.07, 6.45) is 8.45. The lowest BCUT2D eigenvalue weighted by atomic mass is 10.2. The van der Waals surface area contributed by atoms with Gasteiger partial charge in [0.05, 0.1) is 6.04 Å². The Labute approximate surface area is 117 Å². The summed E-state index contributed by atoms with van der Waals surface area (Å²) in [4.78, 5) is 8.32. The number of nitrogens with one attached hydrogen (secondary N) is 1. The molecule has 2 heterocycles. The Kier molecular flexibility index (Phi) is 3.31.